The smallest absolute Gasteiger partial charge is 0.407 e. The molecule has 0 aliphatic carbocycles. The van der Waals surface area contributed by atoms with Gasteiger partial charge in [-0.05, 0) is 56.1 Å². The first kappa shape index (κ1) is 28.3. The third-order valence-electron chi connectivity index (χ3n) is 5.28. The summed E-state index contributed by atoms with van der Waals surface area (Å²) < 4.78 is 18.6. The van der Waals surface area contributed by atoms with Gasteiger partial charge in [0.2, 0.25) is 0 Å². The van der Waals surface area contributed by atoms with Crippen LogP contribution in [0.4, 0.5) is 9.59 Å². The van der Waals surface area contributed by atoms with E-state index in [0.29, 0.717) is 32.1 Å². The first-order chi connectivity index (χ1) is 17.8. The largest absolute Gasteiger partial charge is 0.445 e. The Hall–Kier alpha value is -3.24. The fourth-order valence-corrected chi connectivity index (χ4v) is 3.95. The summed E-state index contributed by atoms with van der Waals surface area (Å²) in [7, 11) is 0. The lowest BCUT2D eigenvalue weighted by molar-refractivity contribution is 0.0528. The van der Waals surface area contributed by atoms with Gasteiger partial charge in [-0.15, -0.1) is 0 Å². The van der Waals surface area contributed by atoms with Crippen LogP contribution < -0.4 is 10.6 Å². The second-order valence-corrected chi connectivity index (χ2v) is 10.5. The standard InChI is InChI=1S/C27H36N4O5S/c1-27(2,3)36-26(33)28-14-13-21-11-8-12-22-24(21)31(19-34-15-16-37-4)23(30-22)17-29-25(32)35-18-20-9-6-5-7-10-20/h5-12H,13-19H2,1-4H3,(H,28,33)(H,29,32)/p+1. The van der Waals surface area contributed by atoms with Gasteiger partial charge in [0.25, 0.3) is 0 Å². The molecular weight excluding hydrogens is 492 g/mol. The fourth-order valence-electron chi connectivity index (χ4n) is 3.63. The molecule has 0 aliphatic heterocycles. The summed E-state index contributed by atoms with van der Waals surface area (Å²) in [5.41, 5.74) is 3.08. The number of nitrogens with zero attached hydrogens (tertiary/aromatic N) is 2. The maximum atomic E-state index is 12.3. The Balaban J connectivity index is 1.70. The molecule has 10 heteroatoms. The first-order valence-corrected chi connectivity index (χ1v) is 13.8. The fraction of sp³-hybridized carbons (Fsp3) is 0.444. The molecule has 2 aromatic carbocycles. The molecule has 2 amide bonds. The van der Waals surface area contributed by atoms with Crippen LogP contribution in [0.3, 0.4) is 0 Å². The zero-order chi connectivity index (χ0) is 26.7. The lowest BCUT2D eigenvalue weighted by Crippen LogP contribution is -2.33. The Labute approximate surface area is 222 Å². The maximum absolute atomic E-state index is 12.3. The molecule has 0 saturated carbocycles. The molecule has 1 heterocycles. The number of nitrogens with one attached hydrogen (secondary N) is 2. The average Bonchev–Trinajstić information content (AvgIpc) is 3.22. The Bertz CT molecular complexity index is 1160. The number of para-hydroxylation sites is 1. The number of hydrogen-bond donors (Lipinski definition) is 2. The second-order valence-electron chi connectivity index (χ2n) is 9.41. The van der Waals surface area contributed by atoms with Crippen LogP contribution in [0, 0.1) is 0 Å². The van der Waals surface area contributed by atoms with Crippen molar-refractivity contribution in [2.24, 2.45) is 0 Å². The second kappa shape index (κ2) is 13.9. The number of fused-ring (bicyclic) bond motifs is 1. The molecule has 0 fully saturated rings. The van der Waals surface area contributed by atoms with Gasteiger partial charge in [0, 0.05) is 6.54 Å². The number of hydrogen-bond acceptors (Lipinski definition) is 6. The zero-order valence-corrected chi connectivity index (χ0v) is 22.8. The molecule has 1 aromatic heterocycles. The maximum Gasteiger partial charge on any atom is 0.407 e. The minimum Gasteiger partial charge on any atom is -0.445 e. The van der Waals surface area contributed by atoms with Crippen LogP contribution in [-0.4, -0.2) is 52.5 Å². The van der Waals surface area contributed by atoms with Crippen LogP contribution in [0.5, 0.6) is 0 Å². The number of aromatic nitrogens is 2. The Morgan fingerprint density at radius 3 is 2.54 bits per heavy atom. The van der Waals surface area contributed by atoms with Gasteiger partial charge in [-0.1, -0.05) is 42.5 Å². The van der Waals surface area contributed by atoms with E-state index in [2.05, 4.69) is 16.9 Å². The Morgan fingerprint density at radius 2 is 1.81 bits per heavy atom. The van der Waals surface area contributed by atoms with E-state index in [1.165, 1.54) is 11.8 Å². The molecule has 3 aromatic rings. The van der Waals surface area contributed by atoms with Crippen LogP contribution >= 0.6 is 0 Å². The van der Waals surface area contributed by atoms with Crippen molar-refractivity contribution in [2.45, 2.75) is 52.7 Å². The van der Waals surface area contributed by atoms with Crippen LogP contribution in [0.15, 0.2) is 48.5 Å². The van der Waals surface area contributed by atoms with Crippen molar-refractivity contribution in [2.75, 3.05) is 25.2 Å². The highest BCUT2D eigenvalue weighted by Crippen LogP contribution is 2.22. The quantitative estimate of drug-likeness (QED) is 0.209. The molecule has 0 unspecified atom stereocenters. The number of alkyl carbamates (subject to hydrolysis) is 2. The monoisotopic (exact) mass is 529 g/mol. The molecular formula is C27H37N4O5S+. The minimum absolute atomic E-state index is 0.188. The molecule has 9 nitrogen and oxygen atoms in total. The van der Waals surface area contributed by atoms with E-state index in [9.17, 15) is 9.59 Å². The normalized spacial score (nSPS) is 11.4. The van der Waals surface area contributed by atoms with Crippen LogP contribution in [0.2, 0.25) is 0 Å². The minimum atomic E-state index is -0.553. The summed E-state index contributed by atoms with van der Waals surface area (Å²) in [6.45, 7) is 7.20. The summed E-state index contributed by atoms with van der Waals surface area (Å²) in [5, 5.41) is 5.61. The predicted molar refractivity (Wildman–Crippen MR) is 147 cm³/mol. The summed E-state index contributed by atoms with van der Waals surface area (Å²) in [5.74, 6) is 1.59. The van der Waals surface area contributed by atoms with E-state index < -0.39 is 17.8 Å². The van der Waals surface area contributed by atoms with Crippen LogP contribution in [0.25, 0.3) is 11.0 Å². The summed E-state index contributed by atoms with van der Waals surface area (Å²) in [4.78, 5) is 29.1. The highest BCUT2D eigenvalue weighted by atomic mass is 32.2. The SMILES string of the molecule is C[SH+]CCOCn1c(CNC(=O)OCc2ccccc2)nc2cccc(CCNC(=O)OC(C)(C)C)c21. The third-order valence-corrected chi connectivity index (χ3v) is 5.90. The van der Waals surface area contributed by atoms with E-state index in [1.807, 2.05) is 73.9 Å². The molecule has 37 heavy (non-hydrogen) atoms. The van der Waals surface area contributed by atoms with Crippen molar-refractivity contribution in [3.05, 3.63) is 65.5 Å². The molecule has 0 bridgehead atoms. The van der Waals surface area contributed by atoms with Crippen LogP contribution in [0.1, 0.15) is 37.7 Å². The molecule has 0 radical (unpaired) electrons. The summed E-state index contributed by atoms with van der Waals surface area (Å²) in [6.07, 6.45) is 1.70. The highest BCUT2D eigenvalue weighted by molar-refractivity contribution is 7.77. The number of amides is 2. The number of thiol groups is 1. The number of imidazole rings is 1. The molecule has 0 atom stereocenters. The number of carbonyl (C=O) groups is 2. The van der Waals surface area contributed by atoms with Crippen molar-refractivity contribution >= 4 is 35.0 Å². The van der Waals surface area contributed by atoms with E-state index in [4.69, 9.17) is 19.2 Å². The lowest BCUT2D eigenvalue weighted by Gasteiger charge is -2.19. The van der Waals surface area contributed by atoms with E-state index in [1.54, 1.807) is 0 Å². The topological polar surface area (TPSA) is 104 Å². The van der Waals surface area contributed by atoms with Gasteiger partial charge < -0.3 is 29.4 Å². The van der Waals surface area contributed by atoms with Gasteiger partial charge in [-0.25, -0.2) is 14.6 Å². The average molecular weight is 530 g/mol. The summed E-state index contributed by atoms with van der Waals surface area (Å²) >= 11 is 1.26. The van der Waals surface area contributed by atoms with Gasteiger partial charge in [0.05, 0.1) is 30.4 Å². The van der Waals surface area contributed by atoms with Gasteiger partial charge in [-0.2, -0.15) is 0 Å². The van der Waals surface area contributed by atoms with Crippen molar-refractivity contribution in [3.63, 3.8) is 0 Å². The van der Waals surface area contributed by atoms with Gasteiger partial charge in [-0.3, -0.25) is 0 Å². The number of rotatable bonds is 12. The number of carbonyl (C=O) groups excluding carboxylic acids is 2. The van der Waals surface area contributed by atoms with E-state index in [-0.39, 0.29) is 13.2 Å². The van der Waals surface area contributed by atoms with Gasteiger partial charge in [0.1, 0.15) is 30.5 Å². The molecule has 3 rings (SSSR count). The van der Waals surface area contributed by atoms with Crippen molar-refractivity contribution in [3.8, 4) is 0 Å². The van der Waals surface area contributed by atoms with Crippen molar-refractivity contribution in [1.29, 1.82) is 0 Å². The molecule has 0 saturated heterocycles. The molecule has 0 spiro atoms. The van der Waals surface area contributed by atoms with Crippen molar-refractivity contribution in [1.82, 2.24) is 20.2 Å². The molecule has 2 N–H and O–H groups in total. The van der Waals surface area contributed by atoms with Crippen LogP contribution in [-0.2, 0) is 52.3 Å². The number of benzene rings is 2. The van der Waals surface area contributed by atoms with E-state index >= 15 is 0 Å². The molecule has 0 aliphatic rings. The number of ether oxygens (including phenoxy) is 3. The van der Waals surface area contributed by atoms with Gasteiger partial charge in [0.15, 0.2) is 0 Å². The third kappa shape index (κ3) is 9.29. The first-order valence-electron chi connectivity index (χ1n) is 12.3. The van der Waals surface area contributed by atoms with E-state index in [0.717, 1.165) is 27.9 Å². The van der Waals surface area contributed by atoms with Crippen molar-refractivity contribution < 1.29 is 23.8 Å². The highest BCUT2D eigenvalue weighted by Gasteiger charge is 2.18. The Kier molecular flexibility index (Phi) is 10.6. The summed E-state index contributed by atoms with van der Waals surface area (Å²) in [6, 6.07) is 15.4. The predicted octanol–water partition coefficient (Wildman–Crippen LogP) is 3.95. The Morgan fingerprint density at radius 1 is 1.03 bits per heavy atom. The van der Waals surface area contributed by atoms with Gasteiger partial charge >= 0.3 is 12.2 Å². The molecule has 200 valence electrons. The lowest BCUT2D eigenvalue weighted by atomic mass is 10.1. The zero-order valence-electron chi connectivity index (χ0n) is 22.0.